The first-order chi connectivity index (χ1) is 11.2. The molecule has 0 saturated carbocycles. The SMILES string of the molecule is Cn1nnnc1SCC(=O)N1CCCC(Oc2cccnn2)C1. The van der Waals surface area contributed by atoms with Gasteiger partial charge in [-0.15, -0.1) is 10.2 Å². The molecule has 0 aliphatic carbocycles. The van der Waals surface area contributed by atoms with Gasteiger partial charge < -0.3 is 9.64 Å². The summed E-state index contributed by atoms with van der Waals surface area (Å²) in [5.41, 5.74) is 0. The van der Waals surface area contributed by atoms with Crippen molar-refractivity contribution >= 4 is 17.7 Å². The van der Waals surface area contributed by atoms with Crippen LogP contribution in [0.1, 0.15) is 12.8 Å². The summed E-state index contributed by atoms with van der Waals surface area (Å²) in [6, 6.07) is 3.55. The Morgan fingerprint density at radius 2 is 2.39 bits per heavy atom. The zero-order chi connectivity index (χ0) is 16.1. The number of nitrogens with zero attached hydrogens (tertiary/aromatic N) is 7. The van der Waals surface area contributed by atoms with Crippen LogP contribution < -0.4 is 4.74 Å². The van der Waals surface area contributed by atoms with Crippen molar-refractivity contribution < 1.29 is 9.53 Å². The predicted octanol–water partition coefficient (Wildman–Crippen LogP) is 0.162. The van der Waals surface area contributed by atoms with Gasteiger partial charge in [0.2, 0.25) is 16.9 Å². The molecule has 0 N–H and O–H groups in total. The minimum atomic E-state index is -0.0501. The van der Waals surface area contributed by atoms with Crippen LogP contribution in [-0.2, 0) is 11.8 Å². The maximum Gasteiger partial charge on any atom is 0.233 e. The summed E-state index contributed by atoms with van der Waals surface area (Å²) >= 11 is 1.33. The molecule has 9 nitrogen and oxygen atoms in total. The van der Waals surface area contributed by atoms with E-state index in [1.807, 2.05) is 4.90 Å². The number of tetrazole rings is 1. The van der Waals surface area contributed by atoms with E-state index < -0.39 is 0 Å². The number of piperidine rings is 1. The molecular weight excluding hydrogens is 318 g/mol. The third-order valence-electron chi connectivity index (χ3n) is 3.47. The number of aromatic nitrogens is 6. The van der Waals surface area contributed by atoms with E-state index >= 15 is 0 Å². The van der Waals surface area contributed by atoms with Crippen molar-refractivity contribution in [2.45, 2.75) is 24.1 Å². The summed E-state index contributed by atoms with van der Waals surface area (Å²) < 4.78 is 7.34. The largest absolute Gasteiger partial charge is 0.471 e. The molecule has 10 heteroatoms. The number of aryl methyl sites for hydroxylation is 1. The third-order valence-corrected chi connectivity index (χ3v) is 4.47. The second kappa shape index (κ2) is 7.36. The molecule has 1 fully saturated rings. The van der Waals surface area contributed by atoms with Gasteiger partial charge in [0.1, 0.15) is 6.10 Å². The molecule has 2 aromatic rings. The van der Waals surface area contributed by atoms with Crippen LogP contribution in [0.2, 0.25) is 0 Å². The van der Waals surface area contributed by atoms with Gasteiger partial charge in [-0.25, -0.2) is 4.68 Å². The Kier molecular flexibility index (Phi) is 5.01. The summed E-state index contributed by atoms with van der Waals surface area (Å²) in [5, 5.41) is 19.5. The average Bonchev–Trinajstić information content (AvgIpc) is 2.99. The lowest BCUT2D eigenvalue weighted by Gasteiger charge is -2.32. The fourth-order valence-corrected chi connectivity index (χ4v) is 3.10. The molecule has 0 radical (unpaired) electrons. The molecule has 0 bridgehead atoms. The van der Waals surface area contributed by atoms with E-state index in [-0.39, 0.29) is 12.0 Å². The first kappa shape index (κ1) is 15.7. The lowest BCUT2D eigenvalue weighted by atomic mass is 10.1. The predicted molar refractivity (Wildman–Crippen MR) is 81.8 cm³/mol. The van der Waals surface area contributed by atoms with E-state index in [9.17, 15) is 4.79 Å². The van der Waals surface area contributed by atoms with Crippen molar-refractivity contribution in [1.29, 1.82) is 0 Å². The summed E-state index contributed by atoms with van der Waals surface area (Å²) in [4.78, 5) is 14.2. The van der Waals surface area contributed by atoms with Crippen LogP contribution in [-0.4, -0.2) is 66.2 Å². The molecule has 2 aromatic heterocycles. The Labute approximate surface area is 137 Å². The molecule has 122 valence electrons. The Morgan fingerprint density at radius 3 is 3.13 bits per heavy atom. The molecule has 1 aliphatic rings. The lowest BCUT2D eigenvalue weighted by molar-refractivity contribution is -0.130. The number of hydrogen-bond acceptors (Lipinski definition) is 8. The first-order valence-electron chi connectivity index (χ1n) is 7.29. The van der Waals surface area contributed by atoms with Gasteiger partial charge in [-0.05, 0) is 29.3 Å². The van der Waals surface area contributed by atoms with Gasteiger partial charge in [0.05, 0.1) is 12.3 Å². The van der Waals surface area contributed by atoms with Gasteiger partial charge >= 0.3 is 0 Å². The van der Waals surface area contributed by atoms with Crippen LogP contribution in [0.15, 0.2) is 23.5 Å². The van der Waals surface area contributed by atoms with Crippen LogP contribution in [0, 0.1) is 0 Å². The van der Waals surface area contributed by atoms with E-state index in [1.54, 1.807) is 30.1 Å². The van der Waals surface area contributed by atoms with Gasteiger partial charge in [0.25, 0.3) is 0 Å². The minimum absolute atomic E-state index is 0.0501. The number of carbonyl (C=O) groups excluding carboxylic acids is 1. The van der Waals surface area contributed by atoms with E-state index in [0.29, 0.717) is 23.3 Å². The normalized spacial score (nSPS) is 18.0. The molecule has 0 aromatic carbocycles. The quantitative estimate of drug-likeness (QED) is 0.713. The fourth-order valence-electron chi connectivity index (χ4n) is 2.34. The molecule has 1 amide bonds. The number of ether oxygens (including phenoxy) is 1. The Hall–Kier alpha value is -2.23. The summed E-state index contributed by atoms with van der Waals surface area (Å²) in [7, 11) is 1.75. The molecule has 1 atom stereocenters. The monoisotopic (exact) mass is 335 g/mol. The van der Waals surface area contributed by atoms with Crippen molar-refractivity contribution in [2.24, 2.45) is 7.05 Å². The summed E-state index contributed by atoms with van der Waals surface area (Å²) in [6.07, 6.45) is 3.36. The van der Waals surface area contributed by atoms with Crippen LogP contribution in [0.3, 0.4) is 0 Å². The average molecular weight is 335 g/mol. The van der Waals surface area contributed by atoms with Gasteiger partial charge in [0, 0.05) is 25.9 Å². The fraction of sp³-hybridized carbons (Fsp3) is 0.538. The number of likely N-dealkylation sites (tertiary alicyclic amines) is 1. The highest BCUT2D eigenvalue weighted by molar-refractivity contribution is 7.99. The van der Waals surface area contributed by atoms with Crippen molar-refractivity contribution in [3.8, 4) is 5.88 Å². The topological polar surface area (TPSA) is 98.9 Å². The number of amides is 1. The molecular formula is C13H17N7O2S. The standard InChI is InChI=1S/C13H17N7O2S/c1-19-13(16-17-18-19)23-9-12(21)20-7-3-4-10(8-20)22-11-5-2-6-14-15-11/h2,5-6,10H,3-4,7-9H2,1H3. The van der Waals surface area contributed by atoms with Crippen molar-refractivity contribution in [1.82, 2.24) is 35.3 Å². The molecule has 1 aliphatic heterocycles. The van der Waals surface area contributed by atoms with Gasteiger partial charge in [0.15, 0.2) is 0 Å². The smallest absolute Gasteiger partial charge is 0.233 e. The first-order valence-corrected chi connectivity index (χ1v) is 8.28. The van der Waals surface area contributed by atoms with Crippen LogP contribution in [0.4, 0.5) is 0 Å². The van der Waals surface area contributed by atoms with Crippen LogP contribution in [0.25, 0.3) is 0 Å². The van der Waals surface area contributed by atoms with Gasteiger partial charge in [-0.2, -0.15) is 5.10 Å². The molecule has 0 spiro atoms. The second-order valence-electron chi connectivity index (χ2n) is 5.16. The number of carbonyl (C=O) groups is 1. The Bertz CT molecular complexity index is 651. The van der Waals surface area contributed by atoms with Crippen LogP contribution in [0.5, 0.6) is 5.88 Å². The maximum absolute atomic E-state index is 12.3. The van der Waals surface area contributed by atoms with Gasteiger partial charge in [-0.1, -0.05) is 11.8 Å². The molecule has 1 unspecified atom stereocenters. The molecule has 3 heterocycles. The third kappa shape index (κ3) is 4.15. The molecule has 3 rings (SSSR count). The number of rotatable bonds is 5. The van der Waals surface area contributed by atoms with Crippen molar-refractivity contribution in [2.75, 3.05) is 18.8 Å². The van der Waals surface area contributed by atoms with E-state index in [2.05, 4.69) is 25.7 Å². The molecule has 23 heavy (non-hydrogen) atoms. The Balaban J connectivity index is 1.51. The Morgan fingerprint density at radius 1 is 1.48 bits per heavy atom. The highest BCUT2D eigenvalue weighted by atomic mass is 32.2. The number of hydrogen-bond donors (Lipinski definition) is 0. The molecule has 1 saturated heterocycles. The van der Waals surface area contributed by atoms with E-state index in [1.165, 1.54) is 11.8 Å². The zero-order valence-corrected chi connectivity index (χ0v) is 13.5. The highest BCUT2D eigenvalue weighted by Gasteiger charge is 2.25. The van der Waals surface area contributed by atoms with Crippen LogP contribution >= 0.6 is 11.8 Å². The highest BCUT2D eigenvalue weighted by Crippen LogP contribution is 2.18. The zero-order valence-electron chi connectivity index (χ0n) is 12.7. The minimum Gasteiger partial charge on any atom is -0.471 e. The summed E-state index contributed by atoms with van der Waals surface area (Å²) in [6.45, 7) is 1.31. The van der Waals surface area contributed by atoms with E-state index in [4.69, 9.17) is 4.74 Å². The van der Waals surface area contributed by atoms with Gasteiger partial charge in [-0.3, -0.25) is 4.79 Å². The summed E-state index contributed by atoms with van der Waals surface area (Å²) in [5.74, 6) is 0.864. The lowest BCUT2D eigenvalue weighted by Crippen LogP contribution is -2.45. The number of thioether (sulfide) groups is 1. The second-order valence-corrected chi connectivity index (χ2v) is 6.10. The van der Waals surface area contributed by atoms with Crippen molar-refractivity contribution in [3.05, 3.63) is 18.3 Å². The maximum atomic E-state index is 12.3. The van der Waals surface area contributed by atoms with E-state index in [0.717, 1.165) is 19.4 Å². The van der Waals surface area contributed by atoms with Crippen molar-refractivity contribution in [3.63, 3.8) is 0 Å².